The zero-order valence-corrected chi connectivity index (χ0v) is 32.2. The van der Waals surface area contributed by atoms with Crippen LogP contribution in [0.3, 0.4) is 0 Å². The van der Waals surface area contributed by atoms with Gasteiger partial charge in [-0.15, -0.1) is 0 Å². The maximum Gasteiger partial charge on any atom is 0.353 e. The van der Waals surface area contributed by atoms with Gasteiger partial charge in [0.1, 0.15) is 50.8 Å². The third-order valence-corrected chi connectivity index (χ3v) is 9.74. The fourth-order valence-corrected chi connectivity index (χ4v) is 7.24. The molecule has 4 rings (SSSR count). The molecule has 0 unspecified atom stereocenters. The molecule has 288 valence electrons. The maximum atomic E-state index is 13.2. The molecule has 20 heteroatoms. The van der Waals surface area contributed by atoms with E-state index >= 15 is 0 Å². The molecule has 0 heterocycles. The van der Waals surface area contributed by atoms with Crippen LogP contribution in [-0.2, 0) is 29.9 Å². The van der Waals surface area contributed by atoms with Crippen LogP contribution >= 0.6 is 23.2 Å². The smallest absolute Gasteiger partial charge is 0.353 e. The molecule has 16 nitrogen and oxygen atoms in total. The van der Waals surface area contributed by atoms with E-state index in [-0.39, 0.29) is 73.3 Å². The Bertz CT molecular complexity index is 2290. The third-order valence-electron chi connectivity index (χ3n) is 6.73. The number of ether oxygens (including phenoxy) is 4. The van der Waals surface area contributed by atoms with Gasteiger partial charge < -0.3 is 37.9 Å². The molecule has 0 saturated heterocycles. The second-order valence-electron chi connectivity index (χ2n) is 11.0. The van der Waals surface area contributed by atoms with Crippen molar-refractivity contribution >= 4 is 61.3 Å². The highest BCUT2D eigenvalue weighted by molar-refractivity contribution is 7.87. The molecule has 4 aromatic carbocycles. The zero-order chi connectivity index (χ0) is 39.6. The van der Waals surface area contributed by atoms with Gasteiger partial charge in [-0.05, 0) is 85.6 Å². The number of nitrogens with one attached hydrogen (secondary N) is 2. The van der Waals surface area contributed by atoms with E-state index in [9.17, 15) is 21.6 Å². The van der Waals surface area contributed by atoms with Crippen LogP contribution in [0, 0.1) is 19.3 Å². The molecular weight excluding hydrogens is 791 g/mol. The molecule has 4 N–H and O–H groups in total. The predicted molar refractivity (Wildman–Crippen MR) is 198 cm³/mol. The van der Waals surface area contributed by atoms with Crippen LogP contribution in [0.2, 0.25) is 10.0 Å². The average molecular weight is 826 g/mol. The minimum absolute atomic E-state index is 0.0133. The lowest BCUT2D eigenvalue weighted by atomic mass is 10.2. The Labute approximate surface area is 321 Å². The molecule has 0 bridgehead atoms. The Morgan fingerprint density at radius 3 is 1.74 bits per heavy atom. The summed E-state index contributed by atoms with van der Waals surface area (Å²) < 4.78 is 85.6. The number of hydroxylamine groups is 1. The molecule has 0 spiro atoms. The number of halogens is 2. The van der Waals surface area contributed by atoms with Gasteiger partial charge in [0.25, 0.3) is 0 Å². The Balaban J connectivity index is 1.54. The van der Waals surface area contributed by atoms with Crippen molar-refractivity contribution in [1.29, 1.82) is 5.41 Å². The Morgan fingerprint density at radius 2 is 1.24 bits per heavy atom. The number of rotatable bonds is 15. The molecule has 0 amide bonds. The third kappa shape index (κ3) is 11.8. The molecule has 0 aliphatic heterocycles. The van der Waals surface area contributed by atoms with Crippen LogP contribution in [0.5, 0.6) is 34.5 Å². The van der Waals surface area contributed by atoms with Gasteiger partial charge in [0.2, 0.25) is 5.96 Å². The highest BCUT2D eigenvalue weighted by atomic mass is 35.5. The molecule has 0 radical (unpaired) electrons. The largest absolute Gasteiger partial charge is 0.495 e. The van der Waals surface area contributed by atoms with E-state index in [0.29, 0.717) is 11.1 Å². The van der Waals surface area contributed by atoms with E-state index in [4.69, 9.17) is 61.7 Å². The van der Waals surface area contributed by atoms with Crippen molar-refractivity contribution < 1.29 is 53.8 Å². The van der Waals surface area contributed by atoms with Gasteiger partial charge >= 0.3 is 26.2 Å². The first-order valence-corrected chi connectivity index (χ1v) is 19.0. The molecular formula is C34H34Cl2N4O12S2. The number of carbonyl (C=O) groups is 1. The molecule has 4 aromatic rings. The van der Waals surface area contributed by atoms with Crippen molar-refractivity contribution in [2.75, 3.05) is 27.4 Å². The van der Waals surface area contributed by atoms with Gasteiger partial charge in [0.15, 0.2) is 5.90 Å². The second kappa shape index (κ2) is 18.1. The van der Waals surface area contributed by atoms with Crippen LogP contribution in [0.4, 0.5) is 0 Å². The quantitative estimate of drug-likeness (QED) is 0.0595. The summed E-state index contributed by atoms with van der Waals surface area (Å²) in [6.45, 7) is 2.66. The summed E-state index contributed by atoms with van der Waals surface area (Å²) in [4.78, 5) is 20.4. The first-order valence-electron chi connectivity index (χ1n) is 15.4. The number of hydrogen-bond donors (Lipinski definition) is 3. The van der Waals surface area contributed by atoms with E-state index in [1.165, 1.54) is 74.9 Å². The van der Waals surface area contributed by atoms with E-state index in [0.717, 1.165) is 0 Å². The molecule has 0 atom stereocenters. The second-order valence-corrected chi connectivity index (χ2v) is 14.9. The molecule has 0 aliphatic carbocycles. The fourth-order valence-electron chi connectivity index (χ4n) is 4.55. The van der Waals surface area contributed by atoms with E-state index in [2.05, 4.69) is 9.83 Å². The number of nitrogens with zero attached hydrogens (tertiary/aromatic N) is 1. The number of nitrogens with two attached hydrogens (primary N) is 1. The van der Waals surface area contributed by atoms with Gasteiger partial charge in [0, 0.05) is 22.2 Å². The van der Waals surface area contributed by atoms with Crippen LogP contribution < -0.4 is 38.5 Å². The van der Waals surface area contributed by atoms with Crippen LogP contribution in [0.1, 0.15) is 17.5 Å². The van der Waals surface area contributed by atoms with Crippen molar-refractivity contribution in [3.05, 3.63) is 94.0 Å². The van der Waals surface area contributed by atoms with Crippen molar-refractivity contribution in [3.8, 4) is 34.5 Å². The molecule has 54 heavy (non-hydrogen) atoms. The summed E-state index contributed by atoms with van der Waals surface area (Å²) >= 11 is 12.0. The van der Waals surface area contributed by atoms with E-state index in [1.54, 1.807) is 26.0 Å². The number of methoxy groups -OCH3 is 2. The highest BCUT2D eigenvalue weighted by Gasteiger charge is 2.25. The summed E-state index contributed by atoms with van der Waals surface area (Å²) in [5.41, 5.74) is 8.19. The minimum Gasteiger partial charge on any atom is -0.495 e. The van der Waals surface area contributed by atoms with Crippen molar-refractivity contribution in [1.82, 2.24) is 5.48 Å². The summed E-state index contributed by atoms with van der Waals surface area (Å²) in [6, 6.07) is 16.9. The summed E-state index contributed by atoms with van der Waals surface area (Å²) in [7, 11) is -6.20. The van der Waals surface area contributed by atoms with Crippen LogP contribution in [0.25, 0.3) is 0 Å². The lowest BCUT2D eigenvalue weighted by Crippen LogP contribution is -2.33. The van der Waals surface area contributed by atoms with Gasteiger partial charge in [0.05, 0.1) is 27.2 Å². The highest BCUT2D eigenvalue weighted by Crippen LogP contribution is 2.33. The number of benzene rings is 4. The summed E-state index contributed by atoms with van der Waals surface area (Å²) in [6.07, 6.45) is -0.0717. The van der Waals surface area contributed by atoms with Gasteiger partial charge in [-0.1, -0.05) is 23.2 Å². The van der Waals surface area contributed by atoms with Crippen LogP contribution in [-0.4, -0.2) is 62.0 Å². The van der Waals surface area contributed by atoms with Gasteiger partial charge in [-0.2, -0.15) is 22.3 Å². The monoisotopic (exact) mass is 824 g/mol. The topological polar surface area (TPSA) is 224 Å². The van der Waals surface area contributed by atoms with E-state index < -0.39 is 38.7 Å². The van der Waals surface area contributed by atoms with Gasteiger partial charge in [-0.3, -0.25) is 5.41 Å². The number of carbonyl (C=O) groups excluding carboxylic acids is 1. The standard InChI is InChI=1S/C34H34Cl2N4O12S2/c1-20-11-24(17-26(13-20)51-53(42,43)30-15-22(35)5-7-28(30)46-3)48-10-9-32(39-19-33(41)50-40-34(37)38)49-25-12-21(2)14-27(18-25)52-54(44,45)31-16-23(36)6-8-29(31)47-4/h5-8,11-18H,9-10,19H2,1-4H3,(H4,37,38,40). The Hall–Kier alpha value is -5.43. The number of hydrogen-bond acceptors (Lipinski definition) is 14. The Morgan fingerprint density at radius 1 is 0.759 bits per heavy atom. The molecule has 0 aromatic heterocycles. The number of guanidine groups is 1. The maximum absolute atomic E-state index is 13.2. The van der Waals surface area contributed by atoms with E-state index in [1.807, 2.05) is 5.48 Å². The van der Waals surface area contributed by atoms with Crippen molar-refractivity contribution in [2.24, 2.45) is 10.7 Å². The minimum atomic E-state index is -4.43. The fraction of sp³-hybridized carbons (Fsp3) is 0.206. The SMILES string of the molecule is COc1ccc(Cl)cc1S(=O)(=O)Oc1cc(C)cc(OCCC(=NCC(=O)ONC(=N)N)Oc2cc(C)cc(OS(=O)(=O)c3cc(Cl)ccc3OC)c2)c1. The lowest BCUT2D eigenvalue weighted by molar-refractivity contribution is -0.146. The normalized spacial score (nSPS) is 11.6. The van der Waals surface area contributed by atoms with Gasteiger partial charge in [-0.25, -0.2) is 9.79 Å². The first-order chi connectivity index (χ1) is 25.5. The summed E-state index contributed by atoms with van der Waals surface area (Å²) in [5.74, 6) is -1.43. The number of aryl methyl sites for hydroxylation is 2. The number of aliphatic imine (C=N–C) groups is 1. The first kappa shape index (κ1) is 41.3. The predicted octanol–water partition coefficient (Wildman–Crippen LogP) is 5.35. The summed E-state index contributed by atoms with van der Waals surface area (Å²) in [5, 5.41) is 7.46. The lowest BCUT2D eigenvalue weighted by Gasteiger charge is -2.15. The molecule has 0 saturated carbocycles. The van der Waals surface area contributed by atoms with Crippen molar-refractivity contribution in [3.63, 3.8) is 0 Å². The molecule has 0 fully saturated rings. The zero-order valence-electron chi connectivity index (χ0n) is 29.0. The average Bonchev–Trinajstić information content (AvgIpc) is 3.08. The van der Waals surface area contributed by atoms with Crippen LogP contribution in [0.15, 0.2) is 87.6 Å². The van der Waals surface area contributed by atoms with Crippen molar-refractivity contribution in [2.45, 2.75) is 30.1 Å². The molecule has 0 aliphatic rings. The Kier molecular flexibility index (Phi) is 13.8.